The zero-order chi connectivity index (χ0) is 13.0. The summed E-state index contributed by atoms with van der Waals surface area (Å²) in [6.45, 7) is 4.17. The second-order valence-electron chi connectivity index (χ2n) is 4.90. The van der Waals surface area contributed by atoms with Gasteiger partial charge in [-0.15, -0.1) is 0 Å². The van der Waals surface area contributed by atoms with Crippen LogP contribution >= 0.6 is 0 Å². The largest absolute Gasteiger partial charge is 0.436 e. The Labute approximate surface area is 109 Å². The van der Waals surface area contributed by atoms with Crippen molar-refractivity contribution in [2.75, 3.05) is 0 Å². The van der Waals surface area contributed by atoms with Crippen LogP contribution in [-0.4, -0.2) is 9.97 Å². The fourth-order valence-corrected chi connectivity index (χ4v) is 2.40. The minimum Gasteiger partial charge on any atom is -0.436 e. The molecule has 0 aliphatic heterocycles. The third kappa shape index (κ3) is 1.45. The summed E-state index contributed by atoms with van der Waals surface area (Å²) in [6, 6.07) is 12.0. The van der Waals surface area contributed by atoms with E-state index in [4.69, 9.17) is 9.40 Å². The number of nitrogens with zero attached hydrogens (tertiary/aromatic N) is 2. The van der Waals surface area contributed by atoms with Crippen molar-refractivity contribution in [2.45, 2.75) is 13.8 Å². The molecule has 0 saturated carbocycles. The summed E-state index contributed by atoms with van der Waals surface area (Å²) in [5.74, 6) is 0. The van der Waals surface area contributed by atoms with Gasteiger partial charge in [-0.1, -0.05) is 12.1 Å². The fraction of sp³-hybridized carbons (Fsp3) is 0.125. The van der Waals surface area contributed by atoms with E-state index in [0.29, 0.717) is 5.71 Å². The van der Waals surface area contributed by atoms with Crippen LogP contribution in [-0.2, 0) is 0 Å². The second kappa shape index (κ2) is 3.54. The first-order chi connectivity index (χ1) is 9.22. The molecule has 2 heterocycles. The van der Waals surface area contributed by atoms with Crippen molar-refractivity contribution < 1.29 is 4.42 Å². The van der Waals surface area contributed by atoms with E-state index >= 15 is 0 Å². The number of fused-ring (bicyclic) bond motifs is 4. The van der Waals surface area contributed by atoms with Gasteiger partial charge >= 0.3 is 0 Å². The van der Waals surface area contributed by atoms with Crippen LogP contribution in [0.15, 0.2) is 40.8 Å². The van der Waals surface area contributed by atoms with E-state index in [1.165, 1.54) is 11.1 Å². The van der Waals surface area contributed by atoms with Crippen LogP contribution in [0.5, 0.6) is 0 Å². The van der Waals surface area contributed by atoms with Crippen molar-refractivity contribution in [2.24, 2.45) is 0 Å². The molecule has 0 radical (unpaired) electrons. The molecule has 4 aromatic rings. The summed E-state index contributed by atoms with van der Waals surface area (Å²) < 4.78 is 5.76. The summed E-state index contributed by atoms with van der Waals surface area (Å²) in [7, 11) is 0. The van der Waals surface area contributed by atoms with Crippen LogP contribution in [0.2, 0.25) is 0 Å². The minimum absolute atomic E-state index is 0.608. The Kier molecular flexibility index (Phi) is 1.96. The van der Waals surface area contributed by atoms with Crippen molar-refractivity contribution in [3.8, 4) is 0 Å². The monoisotopic (exact) mass is 248 g/mol. The van der Waals surface area contributed by atoms with Crippen LogP contribution < -0.4 is 0 Å². The Morgan fingerprint density at radius 2 is 1.58 bits per heavy atom. The molecular formula is C16H12N2O. The normalized spacial score (nSPS) is 11.7. The van der Waals surface area contributed by atoms with E-state index in [-0.39, 0.29) is 0 Å². The molecule has 0 aliphatic carbocycles. The predicted molar refractivity (Wildman–Crippen MR) is 76.3 cm³/mol. The molecule has 0 unspecified atom stereocenters. The Morgan fingerprint density at radius 3 is 2.37 bits per heavy atom. The van der Waals surface area contributed by atoms with Gasteiger partial charge in [0.15, 0.2) is 0 Å². The number of benzene rings is 2. The summed E-state index contributed by atoms with van der Waals surface area (Å²) in [5, 5.41) is 1.02. The highest BCUT2D eigenvalue weighted by Gasteiger charge is 2.11. The lowest BCUT2D eigenvalue weighted by Crippen LogP contribution is -1.88. The highest BCUT2D eigenvalue weighted by Crippen LogP contribution is 2.28. The van der Waals surface area contributed by atoms with Gasteiger partial charge in [0, 0.05) is 5.39 Å². The van der Waals surface area contributed by atoms with Crippen molar-refractivity contribution in [1.29, 1.82) is 0 Å². The van der Waals surface area contributed by atoms with Crippen molar-refractivity contribution in [3.05, 3.63) is 47.5 Å². The smallest absolute Gasteiger partial charge is 0.246 e. The van der Waals surface area contributed by atoms with Gasteiger partial charge in [0.05, 0.1) is 11.0 Å². The first kappa shape index (κ1) is 10.5. The molecule has 19 heavy (non-hydrogen) atoms. The van der Waals surface area contributed by atoms with Crippen LogP contribution in [0, 0.1) is 13.8 Å². The fourth-order valence-electron chi connectivity index (χ4n) is 2.40. The van der Waals surface area contributed by atoms with E-state index in [1.54, 1.807) is 0 Å². The van der Waals surface area contributed by atoms with Gasteiger partial charge in [0.2, 0.25) is 5.71 Å². The zero-order valence-electron chi connectivity index (χ0n) is 10.8. The summed E-state index contributed by atoms with van der Waals surface area (Å²) in [4.78, 5) is 9.30. The van der Waals surface area contributed by atoms with E-state index in [0.717, 1.165) is 27.5 Å². The first-order valence-electron chi connectivity index (χ1n) is 6.28. The number of rotatable bonds is 0. The average molecular weight is 248 g/mol. The minimum atomic E-state index is 0.608. The SMILES string of the molecule is Cc1cc2nc3oc4ccccc4c3nc2cc1C. The van der Waals surface area contributed by atoms with Crippen molar-refractivity contribution >= 4 is 33.2 Å². The standard InChI is InChI=1S/C16H12N2O/c1-9-7-12-13(8-10(9)2)18-16-15(17-12)11-5-3-4-6-14(11)19-16/h3-8H,1-2H3. The number of furan rings is 1. The van der Waals surface area contributed by atoms with Gasteiger partial charge in [-0.3, -0.25) is 0 Å². The molecule has 4 rings (SSSR count). The molecule has 3 nitrogen and oxygen atoms in total. The van der Waals surface area contributed by atoms with Crippen LogP contribution in [0.4, 0.5) is 0 Å². The lowest BCUT2D eigenvalue weighted by molar-refractivity contribution is 0.655. The molecular weight excluding hydrogens is 236 g/mol. The quantitative estimate of drug-likeness (QED) is 0.469. The number of aromatic nitrogens is 2. The lowest BCUT2D eigenvalue weighted by atomic mass is 10.1. The molecule has 0 atom stereocenters. The maximum Gasteiger partial charge on any atom is 0.246 e. The Balaban J connectivity index is 2.21. The Morgan fingerprint density at radius 1 is 0.895 bits per heavy atom. The van der Waals surface area contributed by atoms with Gasteiger partial charge < -0.3 is 4.42 Å². The summed E-state index contributed by atoms with van der Waals surface area (Å²) in [5.41, 5.74) is 6.53. The number of para-hydroxylation sites is 1. The molecule has 0 bridgehead atoms. The van der Waals surface area contributed by atoms with Gasteiger partial charge in [-0.2, -0.15) is 0 Å². The average Bonchev–Trinajstić information content (AvgIpc) is 2.75. The summed E-state index contributed by atoms with van der Waals surface area (Å²) >= 11 is 0. The topological polar surface area (TPSA) is 38.9 Å². The zero-order valence-corrected chi connectivity index (χ0v) is 10.8. The predicted octanol–water partition coefficient (Wildman–Crippen LogP) is 4.15. The van der Waals surface area contributed by atoms with Gasteiger partial charge in [0.1, 0.15) is 11.1 Å². The maximum absolute atomic E-state index is 5.76. The maximum atomic E-state index is 5.76. The molecule has 0 aliphatic rings. The number of hydrogen-bond acceptors (Lipinski definition) is 3. The first-order valence-corrected chi connectivity index (χ1v) is 6.28. The Hall–Kier alpha value is -2.42. The molecule has 2 aromatic carbocycles. The van der Waals surface area contributed by atoms with Crippen LogP contribution in [0.1, 0.15) is 11.1 Å². The molecule has 0 amide bonds. The lowest BCUT2D eigenvalue weighted by Gasteiger charge is -2.02. The van der Waals surface area contributed by atoms with E-state index in [2.05, 4.69) is 31.0 Å². The van der Waals surface area contributed by atoms with Crippen LogP contribution in [0.25, 0.3) is 33.2 Å². The van der Waals surface area contributed by atoms with Crippen molar-refractivity contribution in [1.82, 2.24) is 9.97 Å². The third-order valence-corrected chi connectivity index (χ3v) is 3.60. The highest BCUT2D eigenvalue weighted by molar-refractivity contribution is 6.03. The molecule has 92 valence electrons. The van der Waals surface area contributed by atoms with Gasteiger partial charge in [0.25, 0.3) is 0 Å². The third-order valence-electron chi connectivity index (χ3n) is 3.60. The van der Waals surface area contributed by atoms with E-state index < -0.39 is 0 Å². The number of aryl methyl sites for hydroxylation is 2. The molecule has 0 fully saturated rings. The van der Waals surface area contributed by atoms with Crippen LogP contribution in [0.3, 0.4) is 0 Å². The van der Waals surface area contributed by atoms with E-state index in [9.17, 15) is 0 Å². The van der Waals surface area contributed by atoms with Gasteiger partial charge in [-0.25, -0.2) is 9.97 Å². The Bertz CT molecular complexity index is 938. The molecule has 3 heteroatoms. The summed E-state index contributed by atoms with van der Waals surface area (Å²) in [6.07, 6.45) is 0. The molecule has 0 spiro atoms. The highest BCUT2D eigenvalue weighted by atomic mass is 16.3. The second-order valence-corrected chi connectivity index (χ2v) is 4.90. The van der Waals surface area contributed by atoms with Crippen molar-refractivity contribution in [3.63, 3.8) is 0 Å². The molecule has 0 N–H and O–H groups in total. The van der Waals surface area contributed by atoms with E-state index in [1.807, 2.05) is 24.3 Å². The van der Waals surface area contributed by atoms with Gasteiger partial charge in [-0.05, 0) is 49.2 Å². The molecule has 2 aromatic heterocycles. The molecule has 0 saturated heterocycles. The number of hydrogen-bond donors (Lipinski definition) is 0.